The minimum absolute atomic E-state index is 0.416. The Balaban J connectivity index is 1.49. The first kappa shape index (κ1) is 19.1. The Morgan fingerprint density at radius 2 is 1.97 bits per heavy atom. The van der Waals surface area contributed by atoms with Gasteiger partial charge in [-0.1, -0.05) is 54.1 Å². The van der Waals surface area contributed by atoms with E-state index in [0.29, 0.717) is 23.7 Å². The summed E-state index contributed by atoms with van der Waals surface area (Å²) in [7, 11) is 2.01. The molecule has 4 aromatic rings. The van der Waals surface area contributed by atoms with Crippen molar-refractivity contribution in [1.82, 2.24) is 19.7 Å². The highest BCUT2D eigenvalue weighted by molar-refractivity contribution is 6.33. The van der Waals surface area contributed by atoms with E-state index in [1.807, 2.05) is 55.7 Å². The van der Waals surface area contributed by atoms with Crippen molar-refractivity contribution in [2.75, 3.05) is 7.05 Å². The van der Waals surface area contributed by atoms with Gasteiger partial charge in [-0.2, -0.15) is 0 Å². The third kappa shape index (κ3) is 3.55. The summed E-state index contributed by atoms with van der Waals surface area (Å²) in [6.45, 7) is 0.523. The van der Waals surface area contributed by atoms with Crippen LogP contribution in [0.2, 0.25) is 5.15 Å². The summed E-state index contributed by atoms with van der Waals surface area (Å²) in [4.78, 5) is 9.33. The first-order valence-corrected chi connectivity index (χ1v) is 10.6. The van der Waals surface area contributed by atoms with Gasteiger partial charge in [0.1, 0.15) is 23.7 Å². The average Bonchev–Trinajstić information content (AvgIpc) is 3.13. The van der Waals surface area contributed by atoms with E-state index in [-0.39, 0.29) is 0 Å². The van der Waals surface area contributed by atoms with E-state index in [1.165, 1.54) is 0 Å². The number of hydrogen-bond acceptors (Lipinski definition) is 4. The number of halogens is 1. The molecular formula is C24H23ClN4O. The van der Waals surface area contributed by atoms with Gasteiger partial charge < -0.3 is 10.1 Å². The summed E-state index contributed by atoms with van der Waals surface area (Å²) in [6, 6.07) is 18.7. The second-order valence-corrected chi connectivity index (χ2v) is 8.07. The van der Waals surface area contributed by atoms with Crippen LogP contribution in [0.25, 0.3) is 16.8 Å². The summed E-state index contributed by atoms with van der Waals surface area (Å²) in [5.74, 6) is 2.27. The number of nitrogens with zero attached hydrogens (tertiary/aromatic N) is 3. The molecule has 0 bridgehead atoms. The summed E-state index contributed by atoms with van der Waals surface area (Å²) < 4.78 is 8.12. The zero-order valence-electron chi connectivity index (χ0n) is 16.8. The lowest BCUT2D eigenvalue weighted by molar-refractivity contribution is 0.296. The Kier molecular flexibility index (Phi) is 5.15. The molecule has 1 fully saturated rings. The van der Waals surface area contributed by atoms with E-state index < -0.39 is 0 Å². The van der Waals surface area contributed by atoms with Crippen LogP contribution in [0, 0.1) is 0 Å². The predicted molar refractivity (Wildman–Crippen MR) is 119 cm³/mol. The SMILES string of the molecule is CNC1CC(c2nc(-c3cccc(OCc4ccccc4)c3)c3c(Cl)nccn23)C1. The number of benzene rings is 2. The number of hydrogen-bond donors (Lipinski definition) is 1. The molecule has 2 aromatic carbocycles. The smallest absolute Gasteiger partial charge is 0.155 e. The normalized spacial score (nSPS) is 18.3. The van der Waals surface area contributed by atoms with Crippen molar-refractivity contribution < 1.29 is 4.74 Å². The molecule has 1 aliphatic carbocycles. The third-order valence-electron chi connectivity index (χ3n) is 5.80. The minimum Gasteiger partial charge on any atom is -0.489 e. The van der Waals surface area contributed by atoms with Crippen LogP contribution in [0.1, 0.15) is 30.1 Å². The van der Waals surface area contributed by atoms with Gasteiger partial charge in [0.15, 0.2) is 5.15 Å². The molecule has 0 atom stereocenters. The van der Waals surface area contributed by atoms with Gasteiger partial charge in [0.05, 0.1) is 5.69 Å². The number of rotatable bonds is 6. The van der Waals surface area contributed by atoms with E-state index in [1.54, 1.807) is 6.20 Å². The van der Waals surface area contributed by atoms with Crippen molar-refractivity contribution in [3.05, 3.63) is 83.5 Å². The van der Waals surface area contributed by atoms with Gasteiger partial charge in [0, 0.05) is 29.9 Å². The fraction of sp³-hybridized carbons (Fsp3) is 0.250. The van der Waals surface area contributed by atoms with Crippen LogP contribution in [0.5, 0.6) is 5.75 Å². The summed E-state index contributed by atoms with van der Waals surface area (Å²) in [5.41, 5.74) is 3.81. The number of fused-ring (bicyclic) bond motifs is 1. The maximum atomic E-state index is 6.51. The second-order valence-electron chi connectivity index (χ2n) is 7.71. The van der Waals surface area contributed by atoms with Crippen LogP contribution < -0.4 is 10.1 Å². The van der Waals surface area contributed by atoms with Crippen LogP contribution in [-0.2, 0) is 6.61 Å². The molecule has 1 saturated carbocycles. The first-order chi connectivity index (χ1) is 14.7. The second kappa shape index (κ2) is 8.09. The molecule has 1 aliphatic rings. The van der Waals surface area contributed by atoms with Crippen LogP contribution in [0.3, 0.4) is 0 Å². The highest BCUT2D eigenvalue weighted by Gasteiger charge is 2.33. The predicted octanol–water partition coefficient (Wildman–Crippen LogP) is 5.09. The number of aromatic nitrogens is 3. The van der Waals surface area contributed by atoms with E-state index in [2.05, 4.69) is 26.8 Å². The van der Waals surface area contributed by atoms with Gasteiger partial charge in [0.25, 0.3) is 0 Å². The van der Waals surface area contributed by atoms with Crippen molar-refractivity contribution in [3.63, 3.8) is 0 Å². The summed E-state index contributed by atoms with van der Waals surface area (Å²) >= 11 is 6.51. The van der Waals surface area contributed by atoms with Crippen LogP contribution in [0.4, 0.5) is 0 Å². The molecule has 2 aromatic heterocycles. The number of nitrogens with one attached hydrogen (secondary N) is 1. The molecule has 5 rings (SSSR count). The quantitative estimate of drug-likeness (QED) is 0.473. The van der Waals surface area contributed by atoms with E-state index in [9.17, 15) is 0 Å². The Bertz CT molecular complexity index is 1170. The fourth-order valence-corrected chi connectivity index (χ4v) is 4.29. The molecule has 6 heteroatoms. The van der Waals surface area contributed by atoms with Crippen molar-refractivity contribution in [2.45, 2.75) is 31.4 Å². The lowest BCUT2D eigenvalue weighted by Crippen LogP contribution is -2.38. The molecule has 2 heterocycles. The molecular weight excluding hydrogens is 396 g/mol. The monoisotopic (exact) mass is 418 g/mol. The van der Waals surface area contributed by atoms with Crippen molar-refractivity contribution in [3.8, 4) is 17.0 Å². The zero-order chi connectivity index (χ0) is 20.5. The first-order valence-electron chi connectivity index (χ1n) is 10.2. The molecule has 30 heavy (non-hydrogen) atoms. The van der Waals surface area contributed by atoms with Crippen molar-refractivity contribution >= 4 is 17.1 Å². The molecule has 152 valence electrons. The molecule has 5 nitrogen and oxygen atoms in total. The molecule has 1 N–H and O–H groups in total. The summed E-state index contributed by atoms with van der Waals surface area (Å²) in [5, 5.41) is 3.81. The molecule has 0 saturated heterocycles. The van der Waals surface area contributed by atoms with Gasteiger partial charge in [0.2, 0.25) is 0 Å². The highest BCUT2D eigenvalue weighted by atomic mass is 35.5. The molecule has 0 unspecified atom stereocenters. The van der Waals surface area contributed by atoms with Gasteiger partial charge in [-0.25, -0.2) is 9.97 Å². The maximum absolute atomic E-state index is 6.51. The number of ether oxygens (including phenoxy) is 1. The van der Waals surface area contributed by atoms with Crippen LogP contribution in [0.15, 0.2) is 67.0 Å². The Hall–Kier alpha value is -2.89. The van der Waals surface area contributed by atoms with E-state index in [4.69, 9.17) is 21.3 Å². The zero-order valence-corrected chi connectivity index (χ0v) is 17.5. The van der Waals surface area contributed by atoms with Crippen molar-refractivity contribution in [2.24, 2.45) is 0 Å². The lowest BCUT2D eigenvalue weighted by Gasteiger charge is -2.34. The van der Waals surface area contributed by atoms with E-state index in [0.717, 1.165) is 46.8 Å². The topological polar surface area (TPSA) is 51.5 Å². The average molecular weight is 419 g/mol. The van der Waals surface area contributed by atoms with Gasteiger partial charge in [-0.15, -0.1) is 0 Å². The Morgan fingerprint density at radius 1 is 1.13 bits per heavy atom. The van der Waals surface area contributed by atoms with Crippen LogP contribution >= 0.6 is 11.6 Å². The summed E-state index contributed by atoms with van der Waals surface area (Å²) in [6.07, 6.45) is 5.85. The molecule has 0 aliphatic heterocycles. The highest BCUT2D eigenvalue weighted by Crippen LogP contribution is 2.40. The molecule has 0 spiro atoms. The maximum Gasteiger partial charge on any atom is 0.155 e. The van der Waals surface area contributed by atoms with Gasteiger partial charge in [-0.3, -0.25) is 4.40 Å². The van der Waals surface area contributed by atoms with Gasteiger partial charge >= 0.3 is 0 Å². The Morgan fingerprint density at radius 3 is 2.77 bits per heavy atom. The standard InChI is InChI=1S/C24H23ClN4O/c1-26-19-12-18(13-19)24-28-21(22-23(25)27-10-11-29(22)24)17-8-5-9-20(14-17)30-15-16-6-3-2-4-7-16/h2-11,14,18-19,26H,12-13,15H2,1H3. The lowest BCUT2D eigenvalue weighted by atomic mass is 9.80. The fourth-order valence-electron chi connectivity index (χ4n) is 4.05. The number of imidazole rings is 1. The third-order valence-corrected chi connectivity index (χ3v) is 6.08. The van der Waals surface area contributed by atoms with Gasteiger partial charge in [-0.05, 0) is 37.6 Å². The van der Waals surface area contributed by atoms with E-state index >= 15 is 0 Å². The minimum atomic E-state index is 0.416. The molecule has 0 radical (unpaired) electrons. The largest absolute Gasteiger partial charge is 0.489 e. The Labute approximate surface area is 180 Å². The van der Waals surface area contributed by atoms with Crippen LogP contribution in [-0.4, -0.2) is 27.5 Å². The van der Waals surface area contributed by atoms with Crippen molar-refractivity contribution in [1.29, 1.82) is 0 Å². The molecule has 0 amide bonds.